The molecule has 1 aliphatic heterocycles. The van der Waals surface area contributed by atoms with Crippen LogP contribution in [-0.4, -0.2) is 28.9 Å². The topological polar surface area (TPSA) is 77.5 Å². The van der Waals surface area contributed by atoms with Gasteiger partial charge in [0.05, 0.1) is 5.92 Å². The van der Waals surface area contributed by atoms with Crippen molar-refractivity contribution in [3.63, 3.8) is 0 Å². The lowest BCUT2D eigenvalue weighted by Gasteiger charge is -2.46. The van der Waals surface area contributed by atoms with Crippen LogP contribution in [0, 0.1) is 28.6 Å². The van der Waals surface area contributed by atoms with Gasteiger partial charge >= 0.3 is 5.97 Å². The summed E-state index contributed by atoms with van der Waals surface area (Å²) in [6.07, 6.45) is 11.3. The summed E-state index contributed by atoms with van der Waals surface area (Å²) in [7, 11) is 0. The molecular formula is C36H54O5. The Morgan fingerprint density at radius 1 is 0.902 bits per heavy atom. The minimum absolute atomic E-state index is 0.0389. The number of ether oxygens (including phenoxy) is 1. The Morgan fingerprint density at radius 2 is 1.49 bits per heavy atom. The molecule has 0 aromatic heterocycles. The highest BCUT2D eigenvalue weighted by Gasteiger charge is 2.71. The molecule has 1 saturated carbocycles. The van der Waals surface area contributed by atoms with E-state index < -0.39 is 39.9 Å². The summed E-state index contributed by atoms with van der Waals surface area (Å²) in [6, 6.07) is 0. The molecular weight excluding hydrogens is 512 g/mol. The summed E-state index contributed by atoms with van der Waals surface area (Å²) in [6.45, 7) is 21.7. The molecule has 2 fully saturated rings. The van der Waals surface area contributed by atoms with Gasteiger partial charge in [0.1, 0.15) is 11.2 Å². The van der Waals surface area contributed by atoms with Gasteiger partial charge in [-0.2, -0.15) is 0 Å². The first-order chi connectivity index (χ1) is 19.0. The van der Waals surface area contributed by atoms with Crippen LogP contribution in [0.5, 0.6) is 0 Å². The number of esters is 1. The summed E-state index contributed by atoms with van der Waals surface area (Å²) in [5.74, 6) is -3.46. The van der Waals surface area contributed by atoms with Crippen LogP contribution < -0.4 is 0 Å². The molecule has 2 rings (SSSR count). The Morgan fingerprint density at radius 3 is 2.02 bits per heavy atom. The lowest BCUT2D eigenvalue weighted by atomic mass is 9.53. The molecule has 1 unspecified atom stereocenters. The van der Waals surface area contributed by atoms with Gasteiger partial charge in [0, 0.05) is 12.3 Å². The van der Waals surface area contributed by atoms with Crippen molar-refractivity contribution in [2.45, 2.75) is 127 Å². The molecule has 5 heteroatoms. The predicted molar refractivity (Wildman–Crippen MR) is 166 cm³/mol. The largest absolute Gasteiger partial charge is 0.442 e. The fourth-order valence-electron chi connectivity index (χ4n) is 6.24. The molecule has 41 heavy (non-hydrogen) atoms. The van der Waals surface area contributed by atoms with Gasteiger partial charge in [-0.05, 0) is 98.3 Å². The number of Topliss-reactive ketones (excluding diaryl/α,β-unsaturated/α-hetero) is 3. The van der Waals surface area contributed by atoms with Gasteiger partial charge in [0.25, 0.3) is 0 Å². The standard InChI is InChI=1S/C36H54O5/c1-12-27(9)30(37)29-31(38)36(21-18-25(6)7)32(39)35(33(40)41-36,20-19-26(8)15-13-14-23(2)3)22-28(34(29,10)11)17-16-24(4)5/h14,16,18-19,27-29H,12-13,15,17,20-22H2,1-11H3/b26-19+/t27?,28-,29-,35-,36+/m1/s1. The van der Waals surface area contributed by atoms with Crippen molar-refractivity contribution in [3.8, 4) is 0 Å². The molecule has 5 nitrogen and oxygen atoms in total. The lowest BCUT2D eigenvalue weighted by Crippen LogP contribution is -2.59. The Kier molecular flexibility index (Phi) is 11.5. The van der Waals surface area contributed by atoms with Crippen molar-refractivity contribution in [2.75, 3.05) is 0 Å². The maximum atomic E-state index is 14.7. The van der Waals surface area contributed by atoms with Crippen LogP contribution in [0.25, 0.3) is 0 Å². The van der Waals surface area contributed by atoms with Crippen LogP contribution in [0.15, 0.2) is 46.6 Å². The molecule has 0 spiro atoms. The molecule has 228 valence electrons. The van der Waals surface area contributed by atoms with Crippen LogP contribution in [-0.2, 0) is 23.9 Å². The fourth-order valence-corrected chi connectivity index (χ4v) is 6.24. The van der Waals surface area contributed by atoms with Crippen LogP contribution >= 0.6 is 0 Å². The number of fused-ring (bicyclic) bond motifs is 2. The summed E-state index contributed by atoms with van der Waals surface area (Å²) < 4.78 is 6.03. The van der Waals surface area contributed by atoms with E-state index in [0.29, 0.717) is 12.8 Å². The van der Waals surface area contributed by atoms with E-state index in [2.05, 4.69) is 26.0 Å². The first kappa shape index (κ1) is 34.6. The average molecular weight is 567 g/mol. The zero-order valence-corrected chi connectivity index (χ0v) is 27.5. The second-order valence-corrected chi connectivity index (χ2v) is 13.9. The van der Waals surface area contributed by atoms with Crippen molar-refractivity contribution >= 4 is 23.3 Å². The lowest BCUT2D eigenvalue weighted by molar-refractivity contribution is -0.166. The molecule has 0 N–H and O–H groups in total. The Labute approximate surface area is 249 Å². The zero-order valence-electron chi connectivity index (χ0n) is 27.5. The Balaban J connectivity index is 2.81. The van der Waals surface area contributed by atoms with E-state index in [-0.39, 0.29) is 36.9 Å². The quantitative estimate of drug-likeness (QED) is 0.134. The van der Waals surface area contributed by atoms with Crippen LogP contribution in [0.3, 0.4) is 0 Å². The number of carbonyl (C=O) groups excluding carboxylic acids is 4. The number of hydrogen-bond acceptors (Lipinski definition) is 5. The molecule has 0 aromatic rings. The third kappa shape index (κ3) is 7.27. The second-order valence-electron chi connectivity index (χ2n) is 13.9. The molecule has 2 bridgehead atoms. The van der Waals surface area contributed by atoms with Gasteiger partial charge in [0.2, 0.25) is 11.4 Å². The van der Waals surface area contributed by atoms with E-state index in [0.717, 1.165) is 29.6 Å². The smallest absolute Gasteiger partial charge is 0.321 e. The molecule has 5 atom stereocenters. The predicted octanol–water partition coefficient (Wildman–Crippen LogP) is 8.48. The van der Waals surface area contributed by atoms with Crippen molar-refractivity contribution in [1.82, 2.24) is 0 Å². The molecule has 2 aliphatic rings. The average Bonchev–Trinajstić information content (AvgIpc) is 3.09. The van der Waals surface area contributed by atoms with E-state index >= 15 is 0 Å². The highest BCUT2D eigenvalue weighted by Crippen LogP contribution is 2.56. The highest BCUT2D eigenvalue weighted by atomic mass is 16.6. The maximum absolute atomic E-state index is 14.7. The number of carbonyl (C=O) groups is 4. The zero-order chi connectivity index (χ0) is 31.3. The molecule has 1 saturated heterocycles. The van der Waals surface area contributed by atoms with Crippen molar-refractivity contribution in [2.24, 2.45) is 28.6 Å². The van der Waals surface area contributed by atoms with Gasteiger partial charge in [-0.25, -0.2) is 0 Å². The fraction of sp³-hybridized carbons (Fsp3) is 0.667. The summed E-state index contributed by atoms with van der Waals surface area (Å²) in [5.41, 5.74) is 0.131. The first-order valence-electron chi connectivity index (χ1n) is 15.4. The van der Waals surface area contributed by atoms with Crippen molar-refractivity contribution < 1.29 is 23.9 Å². The number of allylic oxidation sites excluding steroid dienone is 7. The highest BCUT2D eigenvalue weighted by molar-refractivity contribution is 6.27. The normalized spacial score (nSPS) is 28.3. The number of ketones is 3. The Hall–Kier alpha value is -2.56. The molecule has 0 amide bonds. The third-order valence-corrected chi connectivity index (χ3v) is 9.39. The van der Waals surface area contributed by atoms with Gasteiger partial charge < -0.3 is 4.74 Å². The van der Waals surface area contributed by atoms with Gasteiger partial charge in [-0.3, -0.25) is 19.2 Å². The van der Waals surface area contributed by atoms with Gasteiger partial charge in [-0.1, -0.05) is 74.3 Å². The van der Waals surface area contributed by atoms with Crippen LogP contribution in [0.1, 0.15) is 121 Å². The Bertz CT molecular complexity index is 1150. The monoisotopic (exact) mass is 566 g/mol. The molecule has 0 radical (unpaired) electrons. The second kappa shape index (κ2) is 13.6. The maximum Gasteiger partial charge on any atom is 0.321 e. The number of hydrogen-bond donors (Lipinski definition) is 0. The van der Waals surface area contributed by atoms with Gasteiger partial charge in [-0.15, -0.1) is 0 Å². The molecule has 0 aromatic carbocycles. The van der Waals surface area contributed by atoms with Crippen LogP contribution in [0.2, 0.25) is 0 Å². The van der Waals surface area contributed by atoms with E-state index in [9.17, 15) is 19.2 Å². The van der Waals surface area contributed by atoms with Crippen LogP contribution in [0.4, 0.5) is 0 Å². The van der Waals surface area contributed by atoms with E-state index in [1.165, 1.54) is 5.57 Å². The number of rotatable bonds is 12. The van der Waals surface area contributed by atoms with E-state index in [1.54, 1.807) is 6.08 Å². The summed E-state index contributed by atoms with van der Waals surface area (Å²) in [4.78, 5) is 57.4. The van der Waals surface area contributed by atoms with Crippen molar-refractivity contribution in [1.29, 1.82) is 0 Å². The van der Waals surface area contributed by atoms with Crippen molar-refractivity contribution in [3.05, 3.63) is 46.6 Å². The van der Waals surface area contributed by atoms with E-state index in [1.807, 2.05) is 68.4 Å². The third-order valence-electron chi connectivity index (χ3n) is 9.39. The van der Waals surface area contributed by atoms with Gasteiger partial charge in [0.15, 0.2) is 5.78 Å². The summed E-state index contributed by atoms with van der Waals surface area (Å²) in [5, 5.41) is 0. The minimum Gasteiger partial charge on any atom is -0.442 e. The summed E-state index contributed by atoms with van der Waals surface area (Å²) >= 11 is 0. The molecule has 1 aliphatic carbocycles. The SMILES string of the molecule is CCC(C)C(=O)[C@@H]1C(=O)[C@]2(CC=C(C)C)OC(=O)[C@](C/C=C(\C)CCC=C(C)C)(C[C@@H](CC=C(C)C)C1(C)C)C2=O. The van der Waals surface area contributed by atoms with E-state index in [4.69, 9.17) is 4.74 Å². The molecule has 1 heterocycles. The first-order valence-corrected chi connectivity index (χ1v) is 15.4. The minimum atomic E-state index is -1.98.